The molecule has 1 aromatic heterocycles. The highest BCUT2D eigenvalue weighted by molar-refractivity contribution is 7.14. The van der Waals surface area contributed by atoms with E-state index in [2.05, 4.69) is 12.2 Å². The highest BCUT2D eigenvalue weighted by atomic mass is 32.1. The first-order valence-corrected chi connectivity index (χ1v) is 7.09. The first-order chi connectivity index (χ1) is 9.01. The fourth-order valence-electron chi connectivity index (χ4n) is 1.88. The van der Waals surface area contributed by atoms with E-state index >= 15 is 0 Å². The number of thiophene rings is 1. The van der Waals surface area contributed by atoms with Crippen LogP contribution < -0.4 is 11.1 Å². The Kier molecular flexibility index (Phi) is 3.90. The van der Waals surface area contributed by atoms with Crippen molar-refractivity contribution >= 4 is 28.6 Å². The van der Waals surface area contributed by atoms with Crippen molar-refractivity contribution in [3.63, 3.8) is 0 Å². The summed E-state index contributed by atoms with van der Waals surface area (Å²) in [5.41, 5.74) is 9.40. The third-order valence-corrected chi connectivity index (χ3v) is 4.32. The van der Waals surface area contributed by atoms with E-state index in [1.807, 2.05) is 38.1 Å². The Morgan fingerprint density at radius 1 is 1.26 bits per heavy atom. The third kappa shape index (κ3) is 2.96. The van der Waals surface area contributed by atoms with Crippen molar-refractivity contribution < 1.29 is 4.79 Å². The number of rotatable bonds is 3. The van der Waals surface area contributed by atoms with Crippen molar-refractivity contribution in [2.45, 2.75) is 27.2 Å². The fraction of sp³-hybridized carbons (Fsp3) is 0.267. The number of hydrogen-bond donors (Lipinski definition) is 2. The second-order valence-electron chi connectivity index (χ2n) is 4.60. The molecule has 0 fully saturated rings. The Morgan fingerprint density at radius 3 is 2.63 bits per heavy atom. The highest BCUT2D eigenvalue weighted by Gasteiger charge is 2.11. The lowest BCUT2D eigenvalue weighted by Gasteiger charge is -2.10. The number of amides is 1. The van der Waals surface area contributed by atoms with Crippen LogP contribution in [0.2, 0.25) is 0 Å². The summed E-state index contributed by atoms with van der Waals surface area (Å²) in [7, 11) is 0. The molecule has 1 aromatic carbocycles. The molecule has 3 N–H and O–H groups in total. The van der Waals surface area contributed by atoms with Gasteiger partial charge >= 0.3 is 0 Å². The largest absolute Gasteiger partial charge is 0.398 e. The minimum Gasteiger partial charge on any atom is -0.398 e. The predicted molar refractivity (Wildman–Crippen MR) is 82.0 cm³/mol. The molecule has 19 heavy (non-hydrogen) atoms. The van der Waals surface area contributed by atoms with Gasteiger partial charge in [0.25, 0.3) is 5.91 Å². The molecule has 0 radical (unpaired) electrons. The summed E-state index contributed by atoms with van der Waals surface area (Å²) in [5.74, 6) is -0.0731. The summed E-state index contributed by atoms with van der Waals surface area (Å²) in [6.07, 6.45) is 0.953. The SMILES string of the molecule is CCc1ccc(C(=O)Nc2cc(N)c(C)cc2C)s1. The van der Waals surface area contributed by atoms with Crippen molar-refractivity contribution in [2.75, 3.05) is 11.1 Å². The molecule has 4 heteroatoms. The molecule has 1 heterocycles. The normalized spacial score (nSPS) is 10.5. The molecule has 0 unspecified atom stereocenters. The van der Waals surface area contributed by atoms with Crippen LogP contribution in [0.3, 0.4) is 0 Å². The summed E-state index contributed by atoms with van der Waals surface area (Å²) in [4.78, 5) is 14.1. The fourth-order valence-corrected chi connectivity index (χ4v) is 2.72. The molecule has 0 aliphatic rings. The van der Waals surface area contributed by atoms with E-state index in [9.17, 15) is 4.79 Å². The monoisotopic (exact) mass is 274 g/mol. The van der Waals surface area contributed by atoms with Gasteiger partial charge in [-0.15, -0.1) is 11.3 Å². The van der Waals surface area contributed by atoms with Crippen LogP contribution in [0, 0.1) is 13.8 Å². The number of nitrogens with one attached hydrogen (secondary N) is 1. The maximum Gasteiger partial charge on any atom is 0.265 e. The van der Waals surface area contributed by atoms with Crippen LogP contribution in [-0.2, 0) is 6.42 Å². The van der Waals surface area contributed by atoms with Crippen LogP contribution >= 0.6 is 11.3 Å². The molecule has 0 spiro atoms. The Morgan fingerprint density at radius 2 is 2.00 bits per heavy atom. The molecular formula is C15H18N2OS. The van der Waals surface area contributed by atoms with E-state index in [4.69, 9.17) is 5.73 Å². The Balaban J connectivity index is 2.21. The van der Waals surface area contributed by atoms with Gasteiger partial charge in [0, 0.05) is 16.3 Å². The van der Waals surface area contributed by atoms with E-state index in [0.717, 1.165) is 28.1 Å². The lowest BCUT2D eigenvalue weighted by molar-refractivity contribution is 0.103. The van der Waals surface area contributed by atoms with Gasteiger partial charge < -0.3 is 11.1 Å². The quantitative estimate of drug-likeness (QED) is 0.837. The van der Waals surface area contributed by atoms with E-state index in [1.165, 1.54) is 16.2 Å². The number of benzene rings is 1. The first kappa shape index (κ1) is 13.6. The summed E-state index contributed by atoms with van der Waals surface area (Å²) in [5, 5.41) is 2.92. The average molecular weight is 274 g/mol. The lowest BCUT2D eigenvalue weighted by atomic mass is 10.1. The molecule has 0 bridgehead atoms. The predicted octanol–water partition coefficient (Wildman–Crippen LogP) is 3.76. The summed E-state index contributed by atoms with van der Waals surface area (Å²) < 4.78 is 0. The summed E-state index contributed by atoms with van der Waals surface area (Å²) in [6.45, 7) is 6.01. The van der Waals surface area contributed by atoms with Crippen LogP contribution in [0.25, 0.3) is 0 Å². The van der Waals surface area contributed by atoms with E-state index < -0.39 is 0 Å². The number of nitrogens with two attached hydrogens (primary N) is 1. The van der Waals surface area contributed by atoms with Gasteiger partial charge in [-0.2, -0.15) is 0 Å². The number of carbonyl (C=O) groups is 1. The van der Waals surface area contributed by atoms with Crippen LogP contribution in [0.5, 0.6) is 0 Å². The zero-order valence-corrected chi connectivity index (χ0v) is 12.2. The van der Waals surface area contributed by atoms with Crippen LogP contribution in [0.4, 0.5) is 11.4 Å². The van der Waals surface area contributed by atoms with Crippen LogP contribution in [-0.4, -0.2) is 5.91 Å². The Labute approximate surface area is 117 Å². The molecule has 2 rings (SSSR count). The van der Waals surface area contributed by atoms with Gasteiger partial charge in [-0.05, 0) is 49.6 Å². The molecule has 2 aromatic rings. The number of hydrogen-bond acceptors (Lipinski definition) is 3. The van der Waals surface area contributed by atoms with Crippen molar-refractivity contribution in [2.24, 2.45) is 0 Å². The van der Waals surface area contributed by atoms with Gasteiger partial charge in [0.15, 0.2) is 0 Å². The number of carbonyl (C=O) groups excluding carboxylic acids is 1. The first-order valence-electron chi connectivity index (χ1n) is 6.28. The molecule has 0 atom stereocenters. The summed E-state index contributed by atoms with van der Waals surface area (Å²) in [6, 6.07) is 7.66. The Bertz CT molecular complexity index is 617. The minimum atomic E-state index is -0.0731. The van der Waals surface area contributed by atoms with Crippen LogP contribution in [0.15, 0.2) is 24.3 Å². The van der Waals surface area contributed by atoms with Crippen molar-refractivity contribution in [3.05, 3.63) is 45.1 Å². The van der Waals surface area contributed by atoms with Crippen LogP contribution in [0.1, 0.15) is 32.6 Å². The summed E-state index contributed by atoms with van der Waals surface area (Å²) >= 11 is 1.53. The molecule has 0 saturated carbocycles. The lowest BCUT2D eigenvalue weighted by Crippen LogP contribution is -2.11. The van der Waals surface area contributed by atoms with E-state index in [-0.39, 0.29) is 5.91 Å². The standard InChI is InChI=1S/C15H18N2OS/c1-4-11-5-6-14(19-11)15(18)17-13-8-12(16)9(2)7-10(13)3/h5-8H,4,16H2,1-3H3,(H,17,18). The molecular weight excluding hydrogens is 256 g/mol. The van der Waals surface area contributed by atoms with Gasteiger partial charge in [-0.3, -0.25) is 4.79 Å². The van der Waals surface area contributed by atoms with Crippen molar-refractivity contribution in [1.29, 1.82) is 0 Å². The maximum absolute atomic E-state index is 12.2. The zero-order chi connectivity index (χ0) is 14.0. The van der Waals surface area contributed by atoms with E-state index in [1.54, 1.807) is 0 Å². The van der Waals surface area contributed by atoms with Gasteiger partial charge in [0.05, 0.1) is 4.88 Å². The van der Waals surface area contributed by atoms with Gasteiger partial charge in [0.2, 0.25) is 0 Å². The molecule has 1 amide bonds. The third-order valence-electron chi connectivity index (χ3n) is 3.10. The van der Waals surface area contributed by atoms with Crippen molar-refractivity contribution in [3.8, 4) is 0 Å². The minimum absolute atomic E-state index is 0.0731. The number of aryl methyl sites for hydroxylation is 3. The Hall–Kier alpha value is -1.81. The number of anilines is 2. The zero-order valence-electron chi connectivity index (χ0n) is 11.4. The molecule has 3 nitrogen and oxygen atoms in total. The van der Waals surface area contributed by atoms with Gasteiger partial charge in [-0.25, -0.2) is 0 Å². The van der Waals surface area contributed by atoms with E-state index in [0.29, 0.717) is 5.69 Å². The molecule has 0 aliphatic heterocycles. The molecule has 100 valence electrons. The topological polar surface area (TPSA) is 55.1 Å². The molecule has 0 saturated heterocycles. The smallest absolute Gasteiger partial charge is 0.265 e. The maximum atomic E-state index is 12.2. The second kappa shape index (κ2) is 5.45. The highest BCUT2D eigenvalue weighted by Crippen LogP contribution is 2.24. The van der Waals surface area contributed by atoms with Crippen molar-refractivity contribution in [1.82, 2.24) is 0 Å². The number of nitrogen functional groups attached to an aromatic ring is 1. The second-order valence-corrected chi connectivity index (χ2v) is 5.77. The average Bonchev–Trinajstić information content (AvgIpc) is 2.84. The molecule has 0 aliphatic carbocycles. The van der Waals surface area contributed by atoms with Gasteiger partial charge in [-0.1, -0.05) is 13.0 Å². The van der Waals surface area contributed by atoms with Gasteiger partial charge in [0.1, 0.15) is 0 Å².